The summed E-state index contributed by atoms with van der Waals surface area (Å²) in [6.45, 7) is 3.53. The summed E-state index contributed by atoms with van der Waals surface area (Å²) in [6, 6.07) is 20.0. The fourth-order valence-electron chi connectivity index (χ4n) is 6.62. The Labute approximate surface area is 249 Å². The molecule has 1 aromatic heterocycles. The van der Waals surface area contributed by atoms with Crippen LogP contribution in [0.1, 0.15) is 46.6 Å². The van der Waals surface area contributed by atoms with Crippen molar-refractivity contribution in [3.05, 3.63) is 89.0 Å². The number of nitrogens with zero attached hydrogens (tertiary/aromatic N) is 4. The Kier molecular flexibility index (Phi) is 7.02. The van der Waals surface area contributed by atoms with Gasteiger partial charge in [0.25, 0.3) is 0 Å². The second-order valence-corrected chi connectivity index (χ2v) is 12.0. The molecule has 0 spiro atoms. The molecule has 3 atom stereocenters. The summed E-state index contributed by atoms with van der Waals surface area (Å²) < 4.78 is 33.2. The lowest BCUT2D eigenvalue weighted by molar-refractivity contribution is -0.0591. The molecule has 0 bridgehead atoms. The molecular weight excluding hydrogens is 547 g/mol. The summed E-state index contributed by atoms with van der Waals surface area (Å²) in [5, 5.41) is 8.97. The lowest BCUT2D eigenvalue weighted by Gasteiger charge is -2.34. The first-order valence-corrected chi connectivity index (χ1v) is 14.8. The molecular formula is C34H33FN4O4. The van der Waals surface area contributed by atoms with Crippen LogP contribution >= 0.6 is 0 Å². The van der Waals surface area contributed by atoms with Gasteiger partial charge in [-0.15, -0.1) is 0 Å². The van der Waals surface area contributed by atoms with Crippen LogP contribution < -0.4 is 9.64 Å². The SMILES string of the molecule is COC(=O)c1ccc2nc(C[C@@]34CCN(c5cccc(OCc6ccc(C#N)cc6F)c5)C[C@@H]3C4)n(C[C@@H]3CCO3)c2c1. The van der Waals surface area contributed by atoms with E-state index in [-0.39, 0.29) is 24.1 Å². The van der Waals surface area contributed by atoms with E-state index in [1.165, 1.54) is 13.2 Å². The molecule has 0 unspecified atom stereocenters. The number of hydrogen-bond donors (Lipinski definition) is 0. The lowest BCUT2D eigenvalue weighted by atomic mass is 9.91. The van der Waals surface area contributed by atoms with Crippen molar-refractivity contribution in [3.8, 4) is 11.8 Å². The average Bonchev–Trinajstić information content (AvgIpc) is 3.62. The van der Waals surface area contributed by atoms with E-state index in [4.69, 9.17) is 24.5 Å². The molecule has 220 valence electrons. The highest BCUT2D eigenvalue weighted by Crippen LogP contribution is 2.60. The molecule has 4 aromatic rings. The first-order valence-electron chi connectivity index (χ1n) is 14.8. The Balaban J connectivity index is 1.04. The number of carbonyl (C=O) groups is 1. The normalized spacial score (nSPS) is 22.4. The van der Waals surface area contributed by atoms with E-state index in [1.54, 1.807) is 18.2 Å². The molecule has 8 nitrogen and oxygen atoms in total. The summed E-state index contributed by atoms with van der Waals surface area (Å²) in [6.07, 6.45) is 4.34. The van der Waals surface area contributed by atoms with Crippen molar-refractivity contribution in [1.29, 1.82) is 5.26 Å². The number of halogens is 1. The van der Waals surface area contributed by atoms with Crippen molar-refractivity contribution >= 4 is 22.7 Å². The molecule has 0 N–H and O–H groups in total. The summed E-state index contributed by atoms with van der Waals surface area (Å²) in [5.41, 5.74) is 4.41. The third kappa shape index (κ3) is 5.32. The standard InChI is InChI=1S/C34H33FN4O4/c1-41-33(40)23-7-8-30-31(14-23)39(20-28-9-12-42-28)32(37-30)17-34-10-11-38(19-25(34)16-34)26-3-2-4-27(15-26)43-21-24-6-5-22(18-36)13-29(24)35/h2-8,13-15,25,28H,9-12,16-17,19-21H2,1H3/t25-,28-,34-/m0/s1. The zero-order valence-corrected chi connectivity index (χ0v) is 24.1. The smallest absolute Gasteiger partial charge is 0.337 e. The molecule has 3 heterocycles. The molecule has 3 fully saturated rings. The zero-order valence-electron chi connectivity index (χ0n) is 24.1. The van der Waals surface area contributed by atoms with Crippen LogP contribution in [0.15, 0.2) is 60.7 Å². The predicted octanol–water partition coefficient (Wildman–Crippen LogP) is 5.66. The van der Waals surface area contributed by atoms with E-state index in [9.17, 15) is 9.18 Å². The first kappa shape index (κ1) is 27.4. The lowest BCUT2D eigenvalue weighted by Crippen LogP contribution is -2.36. The van der Waals surface area contributed by atoms with Gasteiger partial charge in [-0.25, -0.2) is 14.2 Å². The molecule has 0 amide bonds. The minimum absolute atomic E-state index is 0.0980. The van der Waals surface area contributed by atoms with Crippen molar-refractivity contribution < 1.29 is 23.4 Å². The number of rotatable bonds is 9. The van der Waals surface area contributed by atoms with Crippen molar-refractivity contribution in [2.75, 3.05) is 31.7 Å². The summed E-state index contributed by atoms with van der Waals surface area (Å²) in [5.74, 6) is 1.53. The number of nitriles is 1. The fourth-order valence-corrected chi connectivity index (χ4v) is 6.62. The topological polar surface area (TPSA) is 89.6 Å². The molecule has 3 aliphatic rings. The quantitative estimate of drug-likeness (QED) is 0.236. The van der Waals surface area contributed by atoms with E-state index < -0.39 is 5.82 Å². The second-order valence-electron chi connectivity index (χ2n) is 12.0. The van der Waals surface area contributed by atoms with Gasteiger partial charge < -0.3 is 23.7 Å². The third-order valence-corrected chi connectivity index (χ3v) is 9.38. The highest BCUT2D eigenvalue weighted by molar-refractivity contribution is 5.93. The van der Waals surface area contributed by atoms with E-state index in [1.807, 2.05) is 36.4 Å². The monoisotopic (exact) mass is 580 g/mol. The van der Waals surface area contributed by atoms with Crippen molar-refractivity contribution in [2.45, 2.75) is 44.9 Å². The summed E-state index contributed by atoms with van der Waals surface area (Å²) >= 11 is 0. The third-order valence-electron chi connectivity index (χ3n) is 9.38. The zero-order chi connectivity index (χ0) is 29.6. The number of aromatic nitrogens is 2. The summed E-state index contributed by atoms with van der Waals surface area (Å²) in [4.78, 5) is 19.7. The number of ether oxygens (including phenoxy) is 3. The number of benzene rings is 3. The van der Waals surface area contributed by atoms with Crippen LogP contribution in [-0.4, -0.2) is 48.4 Å². The van der Waals surface area contributed by atoms with Gasteiger partial charge in [0.15, 0.2) is 0 Å². The van der Waals surface area contributed by atoms with Crippen LogP contribution in [0.2, 0.25) is 0 Å². The summed E-state index contributed by atoms with van der Waals surface area (Å²) in [7, 11) is 1.40. The molecule has 7 rings (SSSR count). The van der Waals surface area contributed by atoms with Gasteiger partial charge in [-0.3, -0.25) is 0 Å². The number of piperidine rings is 1. The van der Waals surface area contributed by atoms with Gasteiger partial charge in [0.1, 0.15) is 24.0 Å². The molecule has 43 heavy (non-hydrogen) atoms. The van der Waals surface area contributed by atoms with Crippen molar-refractivity contribution in [3.63, 3.8) is 0 Å². The minimum Gasteiger partial charge on any atom is -0.489 e. The van der Waals surface area contributed by atoms with Gasteiger partial charge in [-0.2, -0.15) is 5.26 Å². The van der Waals surface area contributed by atoms with Crippen molar-refractivity contribution in [1.82, 2.24) is 9.55 Å². The second kappa shape index (κ2) is 11.0. The van der Waals surface area contributed by atoms with Gasteiger partial charge in [-0.05, 0) is 73.1 Å². The Morgan fingerprint density at radius 3 is 2.84 bits per heavy atom. The van der Waals surface area contributed by atoms with E-state index in [0.29, 0.717) is 28.4 Å². The Bertz CT molecular complexity index is 1740. The number of imidazole rings is 1. The minimum atomic E-state index is -0.436. The molecule has 1 saturated carbocycles. The van der Waals surface area contributed by atoms with Gasteiger partial charge >= 0.3 is 5.97 Å². The maximum Gasteiger partial charge on any atom is 0.337 e. The fraction of sp³-hybridized carbons (Fsp3) is 0.382. The van der Waals surface area contributed by atoms with E-state index in [2.05, 4.69) is 15.5 Å². The van der Waals surface area contributed by atoms with Crippen LogP contribution in [0.5, 0.6) is 5.75 Å². The van der Waals surface area contributed by atoms with Crippen LogP contribution in [-0.2, 0) is 29.0 Å². The number of hydrogen-bond acceptors (Lipinski definition) is 7. The van der Waals surface area contributed by atoms with Crippen molar-refractivity contribution in [2.24, 2.45) is 11.3 Å². The average molecular weight is 581 g/mol. The molecule has 3 aromatic carbocycles. The highest BCUT2D eigenvalue weighted by Gasteiger charge is 2.57. The maximum atomic E-state index is 14.3. The van der Waals surface area contributed by atoms with E-state index in [0.717, 1.165) is 74.5 Å². The van der Waals surface area contributed by atoms with Crippen LogP contribution in [0.4, 0.5) is 10.1 Å². The maximum absolute atomic E-state index is 14.3. The van der Waals surface area contributed by atoms with E-state index >= 15 is 0 Å². The Morgan fingerprint density at radius 1 is 1.21 bits per heavy atom. The van der Waals surface area contributed by atoms with Gasteiger partial charge in [0.2, 0.25) is 0 Å². The van der Waals surface area contributed by atoms with Crippen LogP contribution in [0, 0.1) is 28.5 Å². The highest BCUT2D eigenvalue weighted by atomic mass is 19.1. The molecule has 2 aliphatic heterocycles. The number of methoxy groups -OCH3 is 1. The van der Waals surface area contributed by atoms with Gasteiger partial charge in [0.05, 0.1) is 48.0 Å². The predicted molar refractivity (Wildman–Crippen MR) is 158 cm³/mol. The number of fused-ring (bicyclic) bond motifs is 2. The number of carbonyl (C=O) groups excluding carboxylic acids is 1. The molecule has 9 heteroatoms. The molecule has 1 aliphatic carbocycles. The first-order chi connectivity index (χ1) is 20.9. The Morgan fingerprint density at radius 2 is 2.09 bits per heavy atom. The number of esters is 1. The molecule has 2 saturated heterocycles. The number of anilines is 1. The largest absolute Gasteiger partial charge is 0.489 e. The Hall–Kier alpha value is -4.42. The van der Waals surface area contributed by atoms with Crippen LogP contribution in [0.3, 0.4) is 0 Å². The van der Waals surface area contributed by atoms with Crippen LogP contribution in [0.25, 0.3) is 11.0 Å². The van der Waals surface area contributed by atoms with Gasteiger partial charge in [-0.1, -0.05) is 12.1 Å². The van der Waals surface area contributed by atoms with Gasteiger partial charge in [0, 0.05) is 43.4 Å². The molecule has 0 radical (unpaired) electrons.